The molecule has 0 spiro atoms. The molecule has 1 unspecified atom stereocenters. The molecule has 1 aliphatic carbocycles. The molecular weight excluding hydrogens is 332 g/mol. The molecule has 3 aromatic carbocycles. The SMILES string of the molecule is CN(C)c1ccc(C2C3=C(CCC3=O)Nc3ccc4ccccc4c32)cc1. The van der Waals surface area contributed by atoms with Crippen molar-refractivity contribution < 1.29 is 4.79 Å². The minimum Gasteiger partial charge on any atom is -0.378 e. The van der Waals surface area contributed by atoms with E-state index in [2.05, 4.69) is 70.9 Å². The normalized spacial score (nSPS) is 18.3. The maximum absolute atomic E-state index is 12.8. The molecular formula is C24H22N2O. The molecule has 0 saturated carbocycles. The summed E-state index contributed by atoms with van der Waals surface area (Å²) in [5.41, 5.74) is 6.75. The van der Waals surface area contributed by atoms with Crippen LogP contribution in [0.25, 0.3) is 10.8 Å². The second-order valence-electron chi connectivity index (χ2n) is 7.61. The van der Waals surface area contributed by atoms with Gasteiger partial charge >= 0.3 is 0 Å². The highest BCUT2D eigenvalue weighted by Gasteiger charge is 2.37. The Labute approximate surface area is 159 Å². The van der Waals surface area contributed by atoms with Crippen molar-refractivity contribution in [2.75, 3.05) is 24.3 Å². The summed E-state index contributed by atoms with van der Waals surface area (Å²) >= 11 is 0. The number of anilines is 2. The highest BCUT2D eigenvalue weighted by molar-refractivity contribution is 6.05. The van der Waals surface area contributed by atoms with E-state index < -0.39 is 0 Å². The van der Waals surface area contributed by atoms with Gasteiger partial charge in [0, 0.05) is 49.1 Å². The molecule has 0 bridgehead atoms. The van der Waals surface area contributed by atoms with Crippen molar-refractivity contribution in [2.24, 2.45) is 0 Å². The number of rotatable bonds is 2. The summed E-state index contributed by atoms with van der Waals surface area (Å²) in [6, 6.07) is 21.4. The summed E-state index contributed by atoms with van der Waals surface area (Å²) in [5, 5.41) is 5.99. The Morgan fingerprint density at radius 3 is 2.48 bits per heavy atom. The summed E-state index contributed by atoms with van der Waals surface area (Å²) in [6.45, 7) is 0. The number of carbonyl (C=O) groups is 1. The Morgan fingerprint density at radius 1 is 0.926 bits per heavy atom. The van der Waals surface area contributed by atoms with E-state index in [0.717, 1.165) is 29.1 Å². The van der Waals surface area contributed by atoms with Crippen LogP contribution < -0.4 is 10.2 Å². The third-order valence-electron chi connectivity index (χ3n) is 5.80. The molecule has 0 aromatic heterocycles. The van der Waals surface area contributed by atoms with Crippen LogP contribution in [-0.4, -0.2) is 19.9 Å². The molecule has 2 aliphatic rings. The van der Waals surface area contributed by atoms with Crippen LogP contribution in [0.2, 0.25) is 0 Å². The fourth-order valence-electron chi connectivity index (χ4n) is 4.46. The second kappa shape index (κ2) is 5.98. The number of ketones is 1. The first-order valence-electron chi connectivity index (χ1n) is 9.45. The van der Waals surface area contributed by atoms with E-state index >= 15 is 0 Å². The van der Waals surface area contributed by atoms with Crippen molar-refractivity contribution in [3.8, 4) is 0 Å². The summed E-state index contributed by atoms with van der Waals surface area (Å²) in [4.78, 5) is 14.9. The number of allylic oxidation sites excluding steroid dienone is 2. The van der Waals surface area contributed by atoms with Gasteiger partial charge in [0.05, 0.1) is 0 Å². The van der Waals surface area contributed by atoms with Gasteiger partial charge in [-0.3, -0.25) is 4.79 Å². The molecule has 3 nitrogen and oxygen atoms in total. The van der Waals surface area contributed by atoms with Crippen molar-refractivity contribution in [1.82, 2.24) is 0 Å². The van der Waals surface area contributed by atoms with Gasteiger partial charge in [-0.05, 0) is 46.5 Å². The predicted octanol–water partition coefficient (Wildman–Crippen LogP) is 5.08. The van der Waals surface area contributed by atoms with Crippen LogP contribution in [0.15, 0.2) is 71.9 Å². The fourth-order valence-corrected chi connectivity index (χ4v) is 4.46. The molecule has 3 aromatic rings. The smallest absolute Gasteiger partial charge is 0.161 e. The van der Waals surface area contributed by atoms with Gasteiger partial charge in [0.15, 0.2) is 5.78 Å². The molecule has 1 atom stereocenters. The van der Waals surface area contributed by atoms with Gasteiger partial charge in [-0.25, -0.2) is 0 Å². The van der Waals surface area contributed by atoms with Crippen molar-refractivity contribution >= 4 is 27.9 Å². The van der Waals surface area contributed by atoms with E-state index in [1.54, 1.807) is 0 Å². The number of benzene rings is 3. The van der Waals surface area contributed by atoms with Gasteiger partial charge in [-0.2, -0.15) is 0 Å². The highest BCUT2D eigenvalue weighted by Crippen LogP contribution is 2.48. The van der Waals surface area contributed by atoms with Crippen LogP contribution in [0.1, 0.15) is 29.9 Å². The van der Waals surface area contributed by atoms with Crippen LogP contribution in [0.5, 0.6) is 0 Å². The van der Waals surface area contributed by atoms with Crippen LogP contribution in [-0.2, 0) is 4.79 Å². The van der Waals surface area contributed by atoms with Crippen molar-refractivity contribution in [2.45, 2.75) is 18.8 Å². The molecule has 0 saturated heterocycles. The molecule has 0 amide bonds. The van der Waals surface area contributed by atoms with E-state index in [9.17, 15) is 4.79 Å². The van der Waals surface area contributed by atoms with Gasteiger partial charge < -0.3 is 10.2 Å². The lowest BCUT2D eigenvalue weighted by Crippen LogP contribution is -2.19. The van der Waals surface area contributed by atoms with Gasteiger partial charge in [0.25, 0.3) is 0 Å². The molecule has 0 radical (unpaired) electrons. The molecule has 3 heteroatoms. The van der Waals surface area contributed by atoms with E-state index in [0.29, 0.717) is 6.42 Å². The lowest BCUT2D eigenvalue weighted by molar-refractivity contribution is -0.115. The molecule has 1 heterocycles. The topological polar surface area (TPSA) is 32.3 Å². The van der Waals surface area contributed by atoms with Crippen LogP contribution in [0, 0.1) is 0 Å². The minimum atomic E-state index is -0.00596. The third-order valence-corrected chi connectivity index (χ3v) is 5.80. The van der Waals surface area contributed by atoms with E-state index in [4.69, 9.17) is 0 Å². The first-order valence-corrected chi connectivity index (χ1v) is 9.45. The zero-order valence-electron chi connectivity index (χ0n) is 15.6. The van der Waals surface area contributed by atoms with E-state index in [1.165, 1.54) is 21.9 Å². The number of nitrogens with zero attached hydrogens (tertiary/aromatic N) is 1. The Balaban J connectivity index is 1.77. The van der Waals surface area contributed by atoms with Gasteiger partial charge in [0.2, 0.25) is 0 Å². The number of nitrogens with one attached hydrogen (secondary N) is 1. The van der Waals surface area contributed by atoms with E-state index in [1.807, 2.05) is 14.1 Å². The molecule has 5 rings (SSSR count). The number of fused-ring (bicyclic) bond motifs is 3. The summed E-state index contributed by atoms with van der Waals surface area (Å²) in [7, 11) is 4.09. The number of hydrogen-bond acceptors (Lipinski definition) is 3. The maximum Gasteiger partial charge on any atom is 0.161 e. The lowest BCUT2D eigenvalue weighted by Gasteiger charge is -2.30. The standard InChI is InChI=1S/C24H22N2O/c1-26(2)17-10-7-16(8-11-17)22-23-18-6-4-3-5-15(18)9-12-19(23)25-20-13-14-21(27)24(20)22/h3-12,22,25H,13-14H2,1-2H3. The second-order valence-corrected chi connectivity index (χ2v) is 7.61. The number of carbonyl (C=O) groups excluding carboxylic acids is 1. The molecule has 0 fully saturated rings. The third kappa shape index (κ3) is 2.46. The summed E-state index contributed by atoms with van der Waals surface area (Å²) in [6.07, 6.45) is 1.42. The molecule has 27 heavy (non-hydrogen) atoms. The van der Waals surface area contributed by atoms with Crippen molar-refractivity contribution in [3.63, 3.8) is 0 Å². The lowest BCUT2D eigenvalue weighted by atomic mass is 9.78. The van der Waals surface area contributed by atoms with Gasteiger partial charge in [0.1, 0.15) is 0 Å². The first kappa shape index (κ1) is 16.1. The zero-order chi connectivity index (χ0) is 18.5. The van der Waals surface area contributed by atoms with E-state index in [-0.39, 0.29) is 11.7 Å². The monoisotopic (exact) mass is 354 g/mol. The average Bonchev–Trinajstić information content (AvgIpc) is 3.06. The fraction of sp³-hybridized carbons (Fsp3) is 0.208. The molecule has 134 valence electrons. The van der Waals surface area contributed by atoms with Crippen LogP contribution in [0.4, 0.5) is 11.4 Å². The zero-order valence-corrected chi connectivity index (χ0v) is 15.6. The van der Waals surface area contributed by atoms with Crippen LogP contribution >= 0.6 is 0 Å². The predicted molar refractivity (Wildman–Crippen MR) is 111 cm³/mol. The summed E-state index contributed by atoms with van der Waals surface area (Å²) in [5.74, 6) is 0.270. The van der Waals surface area contributed by atoms with Gasteiger partial charge in [-0.15, -0.1) is 0 Å². The number of hydrogen-bond donors (Lipinski definition) is 1. The first-order chi connectivity index (χ1) is 13.1. The average molecular weight is 354 g/mol. The van der Waals surface area contributed by atoms with Gasteiger partial charge in [-0.1, -0.05) is 42.5 Å². The Morgan fingerprint density at radius 2 is 1.70 bits per heavy atom. The van der Waals surface area contributed by atoms with Crippen LogP contribution in [0.3, 0.4) is 0 Å². The largest absolute Gasteiger partial charge is 0.378 e. The quantitative estimate of drug-likeness (QED) is 0.696. The number of Topliss-reactive ketones (excluding diaryl/α,β-unsaturated/α-hetero) is 1. The van der Waals surface area contributed by atoms with Crippen molar-refractivity contribution in [1.29, 1.82) is 0 Å². The summed E-state index contributed by atoms with van der Waals surface area (Å²) < 4.78 is 0. The Hall–Kier alpha value is -3.07. The molecule has 1 N–H and O–H groups in total. The maximum atomic E-state index is 12.8. The minimum absolute atomic E-state index is 0.00596. The Kier molecular flexibility index (Phi) is 3.57. The highest BCUT2D eigenvalue weighted by atomic mass is 16.1. The van der Waals surface area contributed by atoms with Crippen molar-refractivity contribution in [3.05, 3.63) is 83.1 Å². The Bertz CT molecular complexity index is 1090. The molecule has 1 aliphatic heterocycles.